The maximum absolute atomic E-state index is 12.0. The van der Waals surface area contributed by atoms with Crippen molar-refractivity contribution in [2.24, 2.45) is 0 Å². The Morgan fingerprint density at radius 3 is 3.00 bits per heavy atom. The molecule has 2 atom stereocenters. The third-order valence-electron chi connectivity index (χ3n) is 3.82. The molecule has 1 aliphatic heterocycles. The average Bonchev–Trinajstić information content (AvgIpc) is 2.78. The summed E-state index contributed by atoms with van der Waals surface area (Å²) in [6.07, 6.45) is 0. The van der Waals surface area contributed by atoms with E-state index in [1.54, 1.807) is 0 Å². The molecule has 1 aromatic heterocycles. The number of ether oxygens (including phenoxy) is 1. The molecule has 3 rings (SSSR count). The second kappa shape index (κ2) is 4.70. The first-order chi connectivity index (χ1) is 9.22. The van der Waals surface area contributed by atoms with Gasteiger partial charge in [0.2, 0.25) is 0 Å². The molecule has 2 N–H and O–H groups in total. The van der Waals surface area contributed by atoms with E-state index < -0.39 is 0 Å². The van der Waals surface area contributed by atoms with Crippen LogP contribution in [0, 0.1) is 0 Å². The van der Waals surface area contributed by atoms with Crippen molar-refractivity contribution in [1.82, 2.24) is 10.3 Å². The summed E-state index contributed by atoms with van der Waals surface area (Å²) >= 11 is 0. The van der Waals surface area contributed by atoms with Gasteiger partial charge in [-0.25, -0.2) is 0 Å². The standard InChI is InChI=1S/C15H18N2O2/c1-3-19-15(18)14-9(2)13-10-6-4-5-7-11(10)17-12(13)8-16-14/h4-7,9,14,16-17H,3,8H2,1-2H3. The molecule has 19 heavy (non-hydrogen) atoms. The van der Waals surface area contributed by atoms with E-state index in [9.17, 15) is 4.79 Å². The molecule has 0 spiro atoms. The van der Waals surface area contributed by atoms with Crippen LogP contribution in [0.2, 0.25) is 0 Å². The van der Waals surface area contributed by atoms with E-state index in [2.05, 4.69) is 29.4 Å². The number of nitrogens with one attached hydrogen (secondary N) is 2. The van der Waals surface area contributed by atoms with Gasteiger partial charge in [-0.05, 0) is 18.6 Å². The average molecular weight is 258 g/mol. The molecule has 1 aromatic carbocycles. The van der Waals surface area contributed by atoms with Gasteiger partial charge in [0.25, 0.3) is 0 Å². The molecule has 4 heteroatoms. The molecule has 0 amide bonds. The number of rotatable bonds is 2. The number of aromatic nitrogens is 1. The highest BCUT2D eigenvalue weighted by Crippen LogP contribution is 2.34. The molecule has 0 bridgehead atoms. The van der Waals surface area contributed by atoms with Gasteiger partial charge in [0.1, 0.15) is 6.04 Å². The zero-order valence-corrected chi connectivity index (χ0v) is 11.2. The quantitative estimate of drug-likeness (QED) is 0.813. The number of benzene rings is 1. The third kappa shape index (κ3) is 1.92. The minimum Gasteiger partial charge on any atom is -0.465 e. The maximum Gasteiger partial charge on any atom is 0.323 e. The van der Waals surface area contributed by atoms with E-state index in [0.717, 1.165) is 5.52 Å². The van der Waals surface area contributed by atoms with Crippen LogP contribution in [-0.4, -0.2) is 23.6 Å². The van der Waals surface area contributed by atoms with Gasteiger partial charge in [-0.3, -0.25) is 10.1 Å². The SMILES string of the molecule is CCOC(=O)C1NCc2[nH]c3ccccc3c2C1C. The molecular formula is C15H18N2O2. The van der Waals surface area contributed by atoms with Gasteiger partial charge < -0.3 is 9.72 Å². The summed E-state index contributed by atoms with van der Waals surface area (Å²) < 4.78 is 5.14. The maximum atomic E-state index is 12.0. The zero-order valence-electron chi connectivity index (χ0n) is 11.2. The van der Waals surface area contributed by atoms with Gasteiger partial charge in [0.05, 0.1) is 6.61 Å². The van der Waals surface area contributed by atoms with E-state index in [-0.39, 0.29) is 17.9 Å². The van der Waals surface area contributed by atoms with Crippen molar-refractivity contribution in [2.45, 2.75) is 32.4 Å². The fourth-order valence-corrected chi connectivity index (χ4v) is 2.95. The van der Waals surface area contributed by atoms with Crippen LogP contribution in [0.4, 0.5) is 0 Å². The van der Waals surface area contributed by atoms with Gasteiger partial charge >= 0.3 is 5.97 Å². The first kappa shape index (κ1) is 12.2. The molecular weight excluding hydrogens is 240 g/mol. The fraction of sp³-hybridized carbons (Fsp3) is 0.400. The minimum atomic E-state index is -0.258. The Morgan fingerprint density at radius 1 is 1.42 bits per heavy atom. The zero-order chi connectivity index (χ0) is 13.4. The number of carbonyl (C=O) groups excluding carboxylic acids is 1. The molecule has 0 radical (unpaired) electrons. The summed E-state index contributed by atoms with van der Waals surface area (Å²) in [5.74, 6) is -0.0510. The number of para-hydroxylation sites is 1. The summed E-state index contributed by atoms with van der Waals surface area (Å²) in [7, 11) is 0. The fourth-order valence-electron chi connectivity index (χ4n) is 2.95. The van der Waals surface area contributed by atoms with Gasteiger partial charge in [0.15, 0.2) is 0 Å². The van der Waals surface area contributed by atoms with Crippen molar-refractivity contribution in [3.05, 3.63) is 35.5 Å². The van der Waals surface area contributed by atoms with Crippen LogP contribution in [0.25, 0.3) is 10.9 Å². The Hall–Kier alpha value is -1.81. The molecule has 100 valence electrons. The van der Waals surface area contributed by atoms with E-state index in [1.807, 2.05) is 19.1 Å². The van der Waals surface area contributed by atoms with Crippen LogP contribution >= 0.6 is 0 Å². The highest BCUT2D eigenvalue weighted by atomic mass is 16.5. The number of hydrogen-bond acceptors (Lipinski definition) is 3. The summed E-state index contributed by atoms with van der Waals surface area (Å²) in [5, 5.41) is 4.47. The Bertz CT molecular complexity index is 618. The molecule has 2 aromatic rings. The first-order valence-corrected chi connectivity index (χ1v) is 6.72. The minimum absolute atomic E-state index is 0.110. The second-order valence-corrected chi connectivity index (χ2v) is 4.96. The molecule has 4 nitrogen and oxygen atoms in total. The molecule has 2 heterocycles. The van der Waals surface area contributed by atoms with Crippen LogP contribution in [0.3, 0.4) is 0 Å². The van der Waals surface area contributed by atoms with Crippen LogP contribution in [-0.2, 0) is 16.1 Å². The van der Waals surface area contributed by atoms with Crippen molar-refractivity contribution >= 4 is 16.9 Å². The lowest BCUT2D eigenvalue weighted by Gasteiger charge is -2.28. The third-order valence-corrected chi connectivity index (χ3v) is 3.82. The smallest absolute Gasteiger partial charge is 0.323 e. The summed E-state index contributed by atoms with van der Waals surface area (Å²) in [5.41, 5.74) is 3.55. The summed E-state index contributed by atoms with van der Waals surface area (Å²) in [6, 6.07) is 7.97. The van der Waals surface area contributed by atoms with Crippen LogP contribution < -0.4 is 5.32 Å². The predicted octanol–water partition coefficient (Wildman–Crippen LogP) is 2.31. The molecule has 0 saturated heterocycles. The largest absolute Gasteiger partial charge is 0.465 e. The predicted molar refractivity (Wildman–Crippen MR) is 74.0 cm³/mol. The van der Waals surface area contributed by atoms with Gasteiger partial charge in [0, 0.05) is 29.1 Å². The Morgan fingerprint density at radius 2 is 2.21 bits per heavy atom. The van der Waals surface area contributed by atoms with Crippen molar-refractivity contribution < 1.29 is 9.53 Å². The lowest BCUT2D eigenvalue weighted by molar-refractivity contribution is -0.146. The monoisotopic (exact) mass is 258 g/mol. The Kier molecular flexibility index (Phi) is 3.03. The van der Waals surface area contributed by atoms with E-state index >= 15 is 0 Å². The lowest BCUT2D eigenvalue weighted by Crippen LogP contribution is -2.44. The van der Waals surface area contributed by atoms with Crippen molar-refractivity contribution in [2.75, 3.05) is 6.61 Å². The van der Waals surface area contributed by atoms with E-state index in [4.69, 9.17) is 4.74 Å². The lowest BCUT2D eigenvalue weighted by atomic mass is 9.88. The normalized spacial score (nSPS) is 22.2. The van der Waals surface area contributed by atoms with Gasteiger partial charge in [-0.1, -0.05) is 25.1 Å². The van der Waals surface area contributed by atoms with Gasteiger partial charge in [-0.15, -0.1) is 0 Å². The van der Waals surface area contributed by atoms with E-state index in [1.165, 1.54) is 16.6 Å². The number of esters is 1. The number of carbonyl (C=O) groups is 1. The molecule has 0 saturated carbocycles. The highest BCUT2D eigenvalue weighted by molar-refractivity contribution is 5.87. The first-order valence-electron chi connectivity index (χ1n) is 6.72. The van der Waals surface area contributed by atoms with Crippen LogP contribution in [0.1, 0.15) is 31.0 Å². The number of H-pyrrole nitrogens is 1. The number of aromatic amines is 1. The van der Waals surface area contributed by atoms with Crippen molar-refractivity contribution in [3.8, 4) is 0 Å². The van der Waals surface area contributed by atoms with Crippen LogP contribution in [0.15, 0.2) is 24.3 Å². The topological polar surface area (TPSA) is 54.1 Å². The van der Waals surface area contributed by atoms with Gasteiger partial charge in [-0.2, -0.15) is 0 Å². The number of fused-ring (bicyclic) bond motifs is 3. The summed E-state index contributed by atoms with van der Waals surface area (Å²) in [6.45, 7) is 5.01. The molecule has 0 aliphatic carbocycles. The second-order valence-electron chi connectivity index (χ2n) is 4.96. The van der Waals surface area contributed by atoms with Crippen LogP contribution in [0.5, 0.6) is 0 Å². The van der Waals surface area contributed by atoms with Crippen molar-refractivity contribution in [1.29, 1.82) is 0 Å². The molecule has 2 unspecified atom stereocenters. The number of hydrogen-bond donors (Lipinski definition) is 2. The van der Waals surface area contributed by atoms with Crippen molar-refractivity contribution in [3.63, 3.8) is 0 Å². The Balaban J connectivity index is 2.02. The molecule has 0 fully saturated rings. The van der Waals surface area contributed by atoms with E-state index in [0.29, 0.717) is 13.2 Å². The highest BCUT2D eigenvalue weighted by Gasteiger charge is 2.34. The Labute approximate surface area is 112 Å². The molecule has 1 aliphatic rings. The summed E-state index contributed by atoms with van der Waals surface area (Å²) in [4.78, 5) is 15.4.